The minimum absolute atomic E-state index is 0.377. The molecule has 19 heavy (non-hydrogen) atoms. The molecule has 0 aliphatic rings. The van der Waals surface area contributed by atoms with E-state index in [-0.39, 0.29) is 0 Å². The lowest BCUT2D eigenvalue weighted by atomic mass is 10.2. The Hall–Kier alpha value is -2.07. The largest absolute Gasteiger partial charge is 0.348 e. The van der Waals surface area contributed by atoms with E-state index in [2.05, 4.69) is 50.8 Å². The second-order valence-corrected chi connectivity index (χ2v) is 4.83. The highest BCUT2D eigenvalue weighted by atomic mass is 15.0. The molecule has 4 nitrogen and oxygen atoms in total. The number of fused-ring (bicyclic) bond motifs is 1. The molecule has 0 radical (unpaired) electrons. The van der Waals surface area contributed by atoms with Crippen molar-refractivity contribution in [3.05, 3.63) is 60.3 Å². The van der Waals surface area contributed by atoms with Crippen molar-refractivity contribution in [3.63, 3.8) is 0 Å². The van der Waals surface area contributed by atoms with Crippen LogP contribution in [-0.2, 0) is 6.54 Å². The molecule has 0 saturated carbocycles. The molecule has 98 valence electrons. The number of nitrogens with one attached hydrogen (secondary N) is 1. The van der Waals surface area contributed by atoms with Gasteiger partial charge >= 0.3 is 0 Å². The zero-order valence-electron chi connectivity index (χ0n) is 11.2. The number of aromatic nitrogens is 3. The van der Waals surface area contributed by atoms with Crippen molar-refractivity contribution in [3.8, 4) is 0 Å². The smallest absolute Gasteiger partial charge is 0.137 e. The van der Waals surface area contributed by atoms with E-state index in [4.69, 9.17) is 0 Å². The first-order valence-corrected chi connectivity index (χ1v) is 6.52. The quantitative estimate of drug-likeness (QED) is 0.776. The highest BCUT2D eigenvalue weighted by molar-refractivity contribution is 5.39. The van der Waals surface area contributed by atoms with Crippen LogP contribution in [0.25, 0.3) is 5.65 Å². The van der Waals surface area contributed by atoms with E-state index in [0.717, 1.165) is 17.9 Å². The van der Waals surface area contributed by atoms with Crippen molar-refractivity contribution in [2.24, 2.45) is 0 Å². The molecule has 1 atom stereocenters. The molecule has 0 fully saturated rings. The Labute approximate surface area is 112 Å². The molecule has 0 amide bonds. The maximum Gasteiger partial charge on any atom is 0.137 e. The normalized spacial score (nSPS) is 12.9. The highest BCUT2D eigenvalue weighted by Crippen LogP contribution is 2.13. The fourth-order valence-electron chi connectivity index (χ4n) is 2.23. The van der Waals surface area contributed by atoms with Crippen LogP contribution in [0.2, 0.25) is 0 Å². The van der Waals surface area contributed by atoms with Gasteiger partial charge in [0.05, 0.1) is 12.2 Å². The van der Waals surface area contributed by atoms with Crippen LogP contribution in [0.4, 0.5) is 0 Å². The summed E-state index contributed by atoms with van der Waals surface area (Å²) < 4.78 is 4.22. The van der Waals surface area contributed by atoms with Crippen LogP contribution in [0.3, 0.4) is 0 Å². The van der Waals surface area contributed by atoms with Crippen LogP contribution < -0.4 is 5.32 Å². The number of hydrogen-bond donors (Lipinski definition) is 1. The molecular weight excluding hydrogens is 236 g/mol. The van der Waals surface area contributed by atoms with Crippen molar-refractivity contribution in [1.82, 2.24) is 19.3 Å². The van der Waals surface area contributed by atoms with Crippen LogP contribution in [0.1, 0.15) is 24.2 Å². The van der Waals surface area contributed by atoms with Gasteiger partial charge in [-0.2, -0.15) is 0 Å². The fourth-order valence-corrected chi connectivity index (χ4v) is 2.23. The van der Waals surface area contributed by atoms with Crippen molar-refractivity contribution < 1.29 is 0 Å². The van der Waals surface area contributed by atoms with E-state index in [1.54, 1.807) is 0 Å². The van der Waals surface area contributed by atoms with Gasteiger partial charge in [-0.3, -0.25) is 0 Å². The molecule has 0 aliphatic heterocycles. The lowest BCUT2D eigenvalue weighted by molar-refractivity contribution is 0.648. The average Bonchev–Trinajstić information content (AvgIpc) is 3.04. The summed E-state index contributed by atoms with van der Waals surface area (Å²) in [6.07, 6.45) is 8.38. The molecular formula is C15H18N4. The molecule has 1 unspecified atom stereocenters. The van der Waals surface area contributed by atoms with E-state index < -0.39 is 0 Å². The van der Waals surface area contributed by atoms with E-state index >= 15 is 0 Å². The Balaban J connectivity index is 1.82. The molecule has 0 spiro atoms. The SMILES string of the molecule is CNC(C)c1ccn(Cc2cn3ccccc3n2)c1. The first-order valence-electron chi connectivity index (χ1n) is 6.52. The van der Waals surface area contributed by atoms with Gasteiger partial charge in [0.15, 0.2) is 0 Å². The Morgan fingerprint density at radius 1 is 1.21 bits per heavy atom. The second-order valence-electron chi connectivity index (χ2n) is 4.83. The standard InChI is InChI=1S/C15H18N4/c1-12(16-2)13-6-8-18(9-13)10-14-11-19-7-4-3-5-15(19)17-14/h3-9,11-12,16H,10H2,1-2H3. The van der Waals surface area contributed by atoms with Gasteiger partial charge in [0, 0.05) is 30.8 Å². The first kappa shape index (κ1) is 12.0. The molecule has 3 aromatic rings. The molecule has 0 bridgehead atoms. The van der Waals surface area contributed by atoms with Gasteiger partial charge in [-0.25, -0.2) is 4.98 Å². The summed E-state index contributed by atoms with van der Waals surface area (Å²) in [4.78, 5) is 4.61. The fraction of sp³-hybridized carbons (Fsp3) is 0.267. The number of hydrogen-bond acceptors (Lipinski definition) is 2. The van der Waals surface area contributed by atoms with Gasteiger partial charge in [-0.15, -0.1) is 0 Å². The summed E-state index contributed by atoms with van der Waals surface area (Å²) in [5, 5.41) is 3.25. The summed E-state index contributed by atoms with van der Waals surface area (Å²) in [6, 6.07) is 8.57. The number of nitrogens with zero attached hydrogens (tertiary/aromatic N) is 3. The van der Waals surface area contributed by atoms with Gasteiger partial charge in [0.2, 0.25) is 0 Å². The first-order chi connectivity index (χ1) is 9.26. The van der Waals surface area contributed by atoms with Crippen molar-refractivity contribution >= 4 is 5.65 Å². The third-order valence-corrected chi connectivity index (χ3v) is 3.46. The van der Waals surface area contributed by atoms with Crippen molar-refractivity contribution in [2.75, 3.05) is 7.05 Å². The molecule has 0 aromatic carbocycles. The van der Waals surface area contributed by atoms with Crippen LogP contribution in [0, 0.1) is 0 Å². The topological polar surface area (TPSA) is 34.3 Å². The molecule has 3 aromatic heterocycles. The van der Waals surface area contributed by atoms with E-state index in [1.165, 1.54) is 5.56 Å². The third-order valence-electron chi connectivity index (χ3n) is 3.46. The van der Waals surface area contributed by atoms with Crippen molar-refractivity contribution in [1.29, 1.82) is 0 Å². The number of rotatable bonds is 4. The van der Waals surface area contributed by atoms with E-state index in [1.807, 2.05) is 31.4 Å². The van der Waals surface area contributed by atoms with E-state index in [9.17, 15) is 0 Å². The van der Waals surface area contributed by atoms with Gasteiger partial charge in [0.1, 0.15) is 5.65 Å². The van der Waals surface area contributed by atoms with Gasteiger partial charge < -0.3 is 14.3 Å². The second kappa shape index (κ2) is 4.90. The predicted octanol–water partition coefficient (Wildman–Crippen LogP) is 2.46. The Kier molecular flexibility index (Phi) is 3.09. The average molecular weight is 254 g/mol. The summed E-state index contributed by atoms with van der Waals surface area (Å²) in [6.45, 7) is 2.96. The Bertz CT molecular complexity index is 647. The molecule has 3 heterocycles. The molecule has 0 aliphatic carbocycles. The van der Waals surface area contributed by atoms with Crippen molar-refractivity contribution in [2.45, 2.75) is 19.5 Å². The van der Waals surface area contributed by atoms with Crippen LogP contribution in [0.15, 0.2) is 49.1 Å². The Morgan fingerprint density at radius 3 is 2.89 bits per heavy atom. The summed E-state index contributed by atoms with van der Waals surface area (Å²) in [7, 11) is 1.98. The number of pyridine rings is 1. The lowest BCUT2D eigenvalue weighted by Crippen LogP contribution is -2.11. The summed E-state index contributed by atoms with van der Waals surface area (Å²) in [5.74, 6) is 0. The Morgan fingerprint density at radius 2 is 2.11 bits per heavy atom. The maximum atomic E-state index is 4.61. The highest BCUT2D eigenvalue weighted by Gasteiger charge is 2.06. The molecule has 0 saturated heterocycles. The maximum absolute atomic E-state index is 4.61. The monoisotopic (exact) mass is 254 g/mol. The number of imidazole rings is 1. The van der Waals surface area contributed by atoms with E-state index in [0.29, 0.717) is 6.04 Å². The molecule has 3 rings (SSSR count). The minimum Gasteiger partial charge on any atom is -0.348 e. The van der Waals surface area contributed by atoms with Gasteiger partial charge in [-0.05, 0) is 37.7 Å². The van der Waals surface area contributed by atoms with Crippen LogP contribution in [-0.4, -0.2) is 21.0 Å². The van der Waals surface area contributed by atoms with Gasteiger partial charge in [-0.1, -0.05) is 6.07 Å². The summed E-state index contributed by atoms with van der Waals surface area (Å²) >= 11 is 0. The predicted molar refractivity (Wildman–Crippen MR) is 76.2 cm³/mol. The molecule has 1 N–H and O–H groups in total. The van der Waals surface area contributed by atoms with Crippen LogP contribution in [0.5, 0.6) is 0 Å². The zero-order valence-corrected chi connectivity index (χ0v) is 11.2. The van der Waals surface area contributed by atoms with Crippen LogP contribution >= 0.6 is 0 Å². The molecule has 4 heteroatoms. The minimum atomic E-state index is 0.377. The zero-order chi connectivity index (χ0) is 13.2. The third kappa shape index (κ3) is 2.39. The van der Waals surface area contributed by atoms with Gasteiger partial charge in [0.25, 0.3) is 0 Å². The lowest BCUT2D eigenvalue weighted by Gasteiger charge is -2.06. The summed E-state index contributed by atoms with van der Waals surface area (Å²) in [5.41, 5.74) is 3.37.